The van der Waals surface area contributed by atoms with Gasteiger partial charge in [-0.2, -0.15) is 9.90 Å². The van der Waals surface area contributed by atoms with Gasteiger partial charge in [0.1, 0.15) is 11.8 Å². The van der Waals surface area contributed by atoms with Gasteiger partial charge in [-0.3, -0.25) is 9.59 Å². The van der Waals surface area contributed by atoms with Crippen molar-refractivity contribution in [3.63, 3.8) is 0 Å². The molecule has 0 aliphatic carbocycles. The summed E-state index contributed by atoms with van der Waals surface area (Å²) in [6.45, 7) is 5.92. The van der Waals surface area contributed by atoms with E-state index in [4.69, 9.17) is 15.2 Å². The summed E-state index contributed by atoms with van der Waals surface area (Å²) in [5, 5.41) is 10.5. The van der Waals surface area contributed by atoms with Crippen molar-refractivity contribution in [3.05, 3.63) is 6.20 Å². The minimum Gasteiger partial charge on any atom is -0.479 e. The van der Waals surface area contributed by atoms with E-state index < -0.39 is 23.5 Å². The van der Waals surface area contributed by atoms with Gasteiger partial charge in [-0.1, -0.05) is 0 Å². The van der Waals surface area contributed by atoms with Gasteiger partial charge in [0.15, 0.2) is 0 Å². The molecule has 0 radical (unpaired) electrons. The lowest BCUT2D eigenvalue weighted by molar-refractivity contribution is -0.156. The number of methoxy groups -OCH3 is 1. The summed E-state index contributed by atoms with van der Waals surface area (Å²) in [6.07, 6.45) is 1.30. The lowest BCUT2D eigenvalue weighted by Gasteiger charge is -2.20. The average Bonchev–Trinajstić information content (AvgIpc) is 2.84. The summed E-state index contributed by atoms with van der Waals surface area (Å²) in [4.78, 5) is 24.7. The molecule has 1 amide bonds. The Hall–Kier alpha value is -2.16. The Labute approximate surface area is 129 Å². The normalized spacial score (nSPS) is 12.6. The highest BCUT2D eigenvalue weighted by atomic mass is 16.6. The third kappa shape index (κ3) is 6.53. The summed E-state index contributed by atoms with van der Waals surface area (Å²) in [5.74, 6) is -0.536. The van der Waals surface area contributed by atoms with Crippen molar-refractivity contribution in [1.29, 1.82) is 0 Å². The highest BCUT2D eigenvalue weighted by molar-refractivity contribution is 5.86. The van der Waals surface area contributed by atoms with Gasteiger partial charge in [0.05, 0.1) is 26.1 Å². The van der Waals surface area contributed by atoms with Gasteiger partial charge < -0.3 is 20.5 Å². The SMILES string of the molecule is COc1cnn(CCNC(=O)[C@@H](N)CC(=O)OC(C)(C)C)n1. The molecule has 0 saturated heterocycles. The van der Waals surface area contributed by atoms with E-state index in [0.717, 1.165) is 0 Å². The fraction of sp³-hybridized carbons (Fsp3) is 0.692. The molecule has 3 N–H and O–H groups in total. The van der Waals surface area contributed by atoms with Gasteiger partial charge in [0, 0.05) is 6.54 Å². The Morgan fingerprint density at radius 1 is 1.45 bits per heavy atom. The van der Waals surface area contributed by atoms with E-state index in [0.29, 0.717) is 19.0 Å². The fourth-order valence-corrected chi connectivity index (χ4v) is 1.55. The van der Waals surface area contributed by atoms with Crippen molar-refractivity contribution in [2.45, 2.75) is 45.4 Å². The van der Waals surface area contributed by atoms with Gasteiger partial charge in [0.25, 0.3) is 5.88 Å². The van der Waals surface area contributed by atoms with E-state index in [2.05, 4.69) is 15.5 Å². The third-order valence-corrected chi connectivity index (χ3v) is 2.48. The van der Waals surface area contributed by atoms with E-state index in [9.17, 15) is 9.59 Å². The molecule has 22 heavy (non-hydrogen) atoms. The maximum absolute atomic E-state index is 11.8. The Morgan fingerprint density at radius 3 is 2.68 bits per heavy atom. The quantitative estimate of drug-likeness (QED) is 0.648. The second-order valence-electron chi connectivity index (χ2n) is 5.67. The minimum atomic E-state index is -0.949. The van der Waals surface area contributed by atoms with Crippen LogP contribution in [0.3, 0.4) is 0 Å². The molecule has 1 rings (SSSR count). The monoisotopic (exact) mass is 313 g/mol. The minimum absolute atomic E-state index is 0.170. The molecule has 9 heteroatoms. The molecule has 0 fully saturated rings. The van der Waals surface area contributed by atoms with E-state index in [1.54, 1.807) is 20.8 Å². The van der Waals surface area contributed by atoms with Crippen LogP contribution in [0.15, 0.2) is 6.20 Å². The number of nitrogens with two attached hydrogens (primary N) is 1. The first-order valence-corrected chi connectivity index (χ1v) is 6.90. The molecule has 1 aromatic heterocycles. The first-order chi connectivity index (χ1) is 10.2. The maximum atomic E-state index is 11.8. The van der Waals surface area contributed by atoms with Gasteiger partial charge in [-0.05, 0) is 20.8 Å². The van der Waals surface area contributed by atoms with E-state index in [1.807, 2.05) is 0 Å². The molecule has 1 atom stereocenters. The van der Waals surface area contributed by atoms with Crippen LogP contribution in [0.4, 0.5) is 0 Å². The number of amides is 1. The number of hydrogen-bond donors (Lipinski definition) is 2. The number of carbonyl (C=O) groups is 2. The summed E-state index contributed by atoms with van der Waals surface area (Å²) >= 11 is 0. The molecular formula is C13H23N5O4. The van der Waals surface area contributed by atoms with Crippen LogP contribution in [-0.2, 0) is 20.9 Å². The zero-order valence-electron chi connectivity index (χ0n) is 13.3. The Kier molecular flexibility index (Phi) is 6.29. The molecule has 1 aromatic rings. The highest BCUT2D eigenvalue weighted by Crippen LogP contribution is 2.08. The van der Waals surface area contributed by atoms with Crippen molar-refractivity contribution < 1.29 is 19.1 Å². The molecular weight excluding hydrogens is 290 g/mol. The molecule has 0 aromatic carbocycles. The van der Waals surface area contributed by atoms with Crippen molar-refractivity contribution in [2.24, 2.45) is 5.73 Å². The smallest absolute Gasteiger partial charge is 0.308 e. The number of esters is 1. The maximum Gasteiger partial charge on any atom is 0.308 e. The number of nitrogens with zero attached hydrogens (tertiary/aromatic N) is 3. The van der Waals surface area contributed by atoms with Crippen LogP contribution in [0.25, 0.3) is 0 Å². The molecule has 0 aliphatic rings. The summed E-state index contributed by atoms with van der Waals surface area (Å²) in [5.41, 5.74) is 5.07. The van der Waals surface area contributed by atoms with Crippen LogP contribution < -0.4 is 15.8 Å². The van der Waals surface area contributed by atoms with Gasteiger partial charge in [-0.25, -0.2) is 0 Å². The van der Waals surface area contributed by atoms with Crippen LogP contribution in [0.5, 0.6) is 5.88 Å². The molecule has 124 valence electrons. The second-order valence-corrected chi connectivity index (χ2v) is 5.67. The van der Waals surface area contributed by atoms with Crippen molar-refractivity contribution in [3.8, 4) is 5.88 Å². The van der Waals surface area contributed by atoms with Gasteiger partial charge in [0.2, 0.25) is 5.91 Å². The molecule has 0 aliphatic heterocycles. The number of rotatable bonds is 7. The number of ether oxygens (including phenoxy) is 2. The predicted molar refractivity (Wildman–Crippen MR) is 78.0 cm³/mol. The topological polar surface area (TPSA) is 121 Å². The summed E-state index contributed by atoms with van der Waals surface area (Å²) in [7, 11) is 1.49. The van der Waals surface area contributed by atoms with Crippen LogP contribution >= 0.6 is 0 Å². The standard InChI is InChI=1S/C13H23N5O4/c1-13(2,3)22-11(19)7-9(14)12(20)15-5-6-18-16-8-10(17-18)21-4/h8-9H,5-7,14H2,1-4H3,(H,15,20)/t9-/m0/s1. The largest absolute Gasteiger partial charge is 0.479 e. The van der Waals surface area contributed by atoms with Crippen LogP contribution in [-0.4, -0.2) is 52.2 Å². The van der Waals surface area contributed by atoms with Crippen molar-refractivity contribution in [1.82, 2.24) is 20.3 Å². The predicted octanol–water partition coefficient (Wildman–Crippen LogP) is -0.538. The number of hydrogen-bond acceptors (Lipinski definition) is 7. The second kappa shape index (κ2) is 7.74. The van der Waals surface area contributed by atoms with Gasteiger partial charge in [-0.15, -0.1) is 5.10 Å². The van der Waals surface area contributed by atoms with Crippen LogP contribution in [0.2, 0.25) is 0 Å². The Balaban J connectivity index is 2.30. The van der Waals surface area contributed by atoms with Crippen molar-refractivity contribution >= 4 is 11.9 Å². The Morgan fingerprint density at radius 2 is 2.14 bits per heavy atom. The Bertz CT molecular complexity index is 509. The van der Waals surface area contributed by atoms with E-state index >= 15 is 0 Å². The average molecular weight is 313 g/mol. The highest BCUT2D eigenvalue weighted by Gasteiger charge is 2.22. The first-order valence-electron chi connectivity index (χ1n) is 6.90. The first kappa shape index (κ1) is 17.9. The molecule has 0 saturated carbocycles. The molecule has 9 nitrogen and oxygen atoms in total. The van der Waals surface area contributed by atoms with Crippen LogP contribution in [0, 0.1) is 0 Å². The van der Waals surface area contributed by atoms with Crippen LogP contribution in [0.1, 0.15) is 27.2 Å². The van der Waals surface area contributed by atoms with E-state index in [-0.39, 0.29) is 6.42 Å². The summed E-state index contributed by atoms with van der Waals surface area (Å²) < 4.78 is 10.0. The number of nitrogens with one attached hydrogen (secondary N) is 1. The molecule has 0 spiro atoms. The van der Waals surface area contributed by atoms with Gasteiger partial charge >= 0.3 is 5.97 Å². The molecule has 1 heterocycles. The zero-order valence-corrected chi connectivity index (χ0v) is 13.3. The molecule has 0 unspecified atom stereocenters. The number of aromatic nitrogens is 3. The lowest BCUT2D eigenvalue weighted by atomic mass is 10.1. The van der Waals surface area contributed by atoms with E-state index in [1.165, 1.54) is 18.1 Å². The third-order valence-electron chi connectivity index (χ3n) is 2.48. The molecule has 0 bridgehead atoms. The zero-order chi connectivity index (χ0) is 16.8. The fourth-order valence-electron chi connectivity index (χ4n) is 1.55. The van der Waals surface area contributed by atoms with Crippen molar-refractivity contribution in [2.75, 3.05) is 13.7 Å². The lowest BCUT2D eigenvalue weighted by Crippen LogP contribution is -2.43. The number of carbonyl (C=O) groups excluding carboxylic acids is 2. The summed E-state index contributed by atoms with van der Waals surface area (Å²) in [6, 6.07) is -0.949.